The molecule has 0 saturated carbocycles. The van der Waals surface area contributed by atoms with Crippen molar-refractivity contribution in [3.63, 3.8) is 0 Å². The summed E-state index contributed by atoms with van der Waals surface area (Å²) in [6, 6.07) is -0.712. The second kappa shape index (κ2) is 6.53. The quantitative estimate of drug-likeness (QED) is 0.836. The number of carbonyl (C=O) groups is 1. The highest BCUT2D eigenvalue weighted by molar-refractivity contribution is 9.10. The summed E-state index contributed by atoms with van der Waals surface area (Å²) in [5.74, 6) is -0.0607. The Morgan fingerprint density at radius 2 is 2.28 bits per heavy atom. The minimum absolute atomic E-state index is 0.239. The molecule has 1 heterocycles. The molecule has 0 unspecified atom stereocenters. The number of aliphatic carboxylic acids is 1. The molecular weight excluding hydrogens is 302 g/mol. The molecule has 0 aliphatic heterocycles. The summed E-state index contributed by atoms with van der Waals surface area (Å²) in [4.78, 5) is 19.2. The molecule has 1 atom stereocenters. The summed E-state index contributed by atoms with van der Waals surface area (Å²) in [6.07, 6.45) is 2.01. The first-order chi connectivity index (χ1) is 8.43. The largest absolute Gasteiger partial charge is 0.480 e. The molecule has 100 valence electrons. The summed E-state index contributed by atoms with van der Waals surface area (Å²) >= 11 is 3.23. The van der Waals surface area contributed by atoms with Crippen molar-refractivity contribution in [1.29, 1.82) is 0 Å². The molecule has 0 fully saturated rings. The summed E-state index contributed by atoms with van der Waals surface area (Å²) in [7, 11) is 1.49. The Kier molecular flexibility index (Phi) is 5.33. The van der Waals surface area contributed by atoms with Crippen molar-refractivity contribution in [2.75, 3.05) is 12.4 Å². The second-order valence-electron chi connectivity index (χ2n) is 4.22. The minimum atomic E-state index is -0.922. The van der Waals surface area contributed by atoms with E-state index in [1.165, 1.54) is 13.3 Å². The molecular formula is C11H16BrN3O3. The number of nitrogens with one attached hydrogen (secondary N) is 1. The number of anilines is 1. The lowest BCUT2D eigenvalue weighted by molar-refractivity contribution is -0.138. The SMILES string of the molecule is COc1nc(N[C@@H](CC(C)C)C(=O)O)ncc1Br. The Morgan fingerprint density at radius 1 is 1.61 bits per heavy atom. The molecule has 6 nitrogen and oxygen atoms in total. The predicted molar refractivity (Wildman–Crippen MR) is 70.8 cm³/mol. The van der Waals surface area contributed by atoms with Crippen molar-refractivity contribution in [1.82, 2.24) is 9.97 Å². The van der Waals surface area contributed by atoms with E-state index in [2.05, 4.69) is 31.2 Å². The Labute approximate surface area is 114 Å². The van der Waals surface area contributed by atoms with Crippen molar-refractivity contribution in [2.45, 2.75) is 26.3 Å². The van der Waals surface area contributed by atoms with Gasteiger partial charge in [0.25, 0.3) is 0 Å². The molecule has 2 N–H and O–H groups in total. The predicted octanol–water partition coefficient (Wildman–Crippen LogP) is 2.16. The Balaban J connectivity index is 2.83. The highest BCUT2D eigenvalue weighted by Crippen LogP contribution is 2.22. The minimum Gasteiger partial charge on any atom is -0.480 e. The van der Waals surface area contributed by atoms with Crippen molar-refractivity contribution < 1.29 is 14.6 Å². The van der Waals surface area contributed by atoms with E-state index in [9.17, 15) is 4.79 Å². The third-order valence-electron chi connectivity index (χ3n) is 2.21. The summed E-state index contributed by atoms with van der Waals surface area (Å²) in [5.41, 5.74) is 0. The van der Waals surface area contributed by atoms with E-state index in [0.717, 1.165) is 0 Å². The zero-order valence-electron chi connectivity index (χ0n) is 10.5. The van der Waals surface area contributed by atoms with Crippen LogP contribution in [0.2, 0.25) is 0 Å². The van der Waals surface area contributed by atoms with Crippen molar-refractivity contribution in [2.24, 2.45) is 5.92 Å². The zero-order chi connectivity index (χ0) is 13.7. The van der Waals surface area contributed by atoms with Crippen LogP contribution in [-0.4, -0.2) is 34.2 Å². The van der Waals surface area contributed by atoms with E-state index in [1.807, 2.05) is 13.8 Å². The van der Waals surface area contributed by atoms with Gasteiger partial charge in [-0.25, -0.2) is 9.78 Å². The van der Waals surface area contributed by atoms with Gasteiger partial charge >= 0.3 is 5.97 Å². The van der Waals surface area contributed by atoms with Gasteiger partial charge in [0.2, 0.25) is 11.8 Å². The summed E-state index contributed by atoms with van der Waals surface area (Å²) in [6.45, 7) is 3.92. The fourth-order valence-electron chi connectivity index (χ4n) is 1.41. The molecule has 7 heteroatoms. The smallest absolute Gasteiger partial charge is 0.326 e. The number of halogens is 1. The van der Waals surface area contributed by atoms with Crippen LogP contribution in [0, 0.1) is 5.92 Å². The van der Waals surface area contributed by atoms with Gasteiger partial charge in [-0.2, -0.15) is 4.98 Å². The molecule has 0 saturated heterocycles. The first-order valence-electron chi connectivity index (χ1n) is 5.50. The standard InChI is InChI=1S/C11H16BrN3O3/c1-6(2)4-8(10(16)17)14-11-13-5-7(12)9(15-11)18-3/h5-6,8H,4H2,1-3H3,(H,16,17)(H,13,14,15)/t8-/m0/s1. The number of nitrogens with zero attached hydrogens (tertiary/aromatic N) is 2. The number of rotatable bonds is 6. The van der Waals surface area contributed by atoms with E-state index in [4.69, 9.17) is 9.84 Å². The lowest BCUT2D eigenvalue weighted by Gasteiger charge is -2.16. The number of hydrogen-bond donors (Lipinski definition) is 2. The van der Waals surface area contributed by atoms with E-state index in [-0.39, 0.29) is 11.9 Å². The number of aromatic nitrogens is 2. The van der Waals surface area contributed by atoms with Gasteiger partial charge in [0.05, 0.1) is 17.8 Å². The lowest BCUT2D eigenvalue weighted by atomic mass is 10.0. The van der Waals surface area contributed by atoms with Gasteiger partial charge in [-0.1, -0.05) is 13.8 Å². The molecule has 0 amide bonds. The molecule has 0 aliphatic rings. The molecule has 0 aliphatic carbocycles. The van der Waals surface area contributed by atoms with Crippen LogP contribution in [0.15, 0.2) is 10.7 Å². The third kappa shape index (κ3) is 4.14. The second-order valence-corrected chi connectivity index (χ2v) is 5.07. The highest BCUT2D eigenvalue weighted by Gasteiger charge is 2.20. The first-order valence-corrected chi connectivity index (χ1v) is 6.29. The van der Waals surface area contributed by atoms with Crippen molar-refractivity contribution in [3.8, 4) is 5.88 Å². The van der Waals surface area contributed by atoms with Gasteiger partial charge in [0, 0.05) is 0 Å². The molecule has 18 heavy (non-hydrogen) atoms. The van der Waals surface area contributed by atoms with Crippen LogP contribution in [0.1, 0.15) is 20.3 Å². The van der Waals surface area contributed by atoms with E-state index < -0.39 is 12.0 Å². The van der Waals surface area contributed by atoms with Gasteiger partial charge in [0.1, 0.15) is 6.04 Å². The third-order valence-corrected chi connectivity index (χ3v) is 2.76. The van der Waals surface area contributed by atoms with Gasteiger partial charge in [-0.15, -0.1) is 0 Å². The topological polar surface area (TPSA) is 84.3 Å². The van der Waals surface area contributed by atoms with Gasteiger partial charge in [-0.05, 0) is 28.3 Å². The zero-order valence-corrected chi connectivity index (χ0v) is 12.1. The van der Waals surface area contributed by atoms with Crippen molar-refractivity contribution in [3.05, 3.63) is 10.7 Å². The Hall–Kier alpha value is -1.37. The summed E-state index contributed by atoms with van der Waals surface area (Å²) < 4.78 is 5.64. The maximum absolute atomic E-state index is 11.1. The Morgan fingerprint density at radius 3 is 2.78 bits per heavy atom. The van der Waals surface area contributed by atoms with Crippen LogP contribution < -0.4 is 10.1 Å². The maximum atomic E-state index is 11.1. The van der Waals surface area contributed by atoms with Crippen LogP contribution in [-0.2, 0) is 4.79 Å². The van der Waals surface area contributed by atoms with Crippen LogP contribution in [0.4, 0.5) is 5.95 Å². The highest BCUT2D eigenvalue weighted by atomic mass is 79.9. The van der Waals surface area contributed by atoms with Gasteiger partial charge in [-0.3, -0.25) is 0 Å². The molecule has 1 rings (SSSR count). The molecule has 1 aromatic heterocycles. The van der Waals surface area contributed by atoms with E-state index in [1.54, 1.807) is 0 Å². The Bertz CT molecular complexity index is 426. The summed E-state index contributed by atoms with van der Waals surface area (Å²) in [5, 5.41) is 11.9. The number of carboxylic acids is 1. The average Bonchev–Trinajstić information content (AvgIpc) is 2.29. The van der Waals surface area contributed by atoms with E-state index in [0.29, 0.717) is 16.8 Å². The average molecular weight is 318 g/mol. The number of methoxy groups -OCH3 is 1. The van der Waals surface area contributed by atoms with Crippen LogP contribution >= 0.6 is 15.9 Å². The lowest BCUT2D eigenvalue weighted by Crippen LogP contribution is -2.31. The van der Waals surface area contributed by atoms with Crippen molar-refractivity contribution >= 4 is 27.8 Å². The number of hydrogen-bond acceptors (Lipinski definition) is 5. The maximum Gasteiger partial charge on any atom is 0.326 e. The van der Waals surface area contributed by atoms with Gasteiger partial charge < -0.3 is 15.2 Å². The molecule has 0 radical (unpaired) electrons. The van der Waals surface area contributed by atoms with Crippen LogP contribution in [0.5, 0.6) is 5.88 Å². The molecule has 0 aromatic carbocycles. The number of carboxylic acid groups (broad SMARTS) is 1. The molecule has 0 bridgehead atoms. The molecule has 0 spiro atoms. The fraction of sp³-hybridized carbons (Fsp3) is 0.545. The fourth-order valence-corrected chi connectivity index (χ4v) is 1.77. The van der Waals surface area contributed by atoms with Gasteiger partial charge in [0.15, 0.2) is 0 Å². The first kappa shape index (κ1) is 14.7. The molecule has 1 aromatic rings. The van der Waals surface area contributed by atoms with Crippen LogP contribution in [0.25, 0.3) is 0 Å². The van der Waals surface area contributed by atoms with Crippen LogP contribution in [0.3, 0.4) is 0 Å². The number of ether oxygens (including phenoxy) is 1. The van der Waals surface area contributed by atoms with E-state index >= 15 is 0 Å². The monoisotopic (exact) mass is 317 g/mol. The normalized spacial score (nSPS) is 12.3.